The van der Waals surface area contributed by atoms with Crippen molar-refractivity contribution in [2.24, 2.45) is 5.92 Å². The molecule has 4 aliphatic rings. The molecule has 4 N–H and O–H groups in total. The molecule has 7 rings (SSSR count). The molecule has 12 nitrogen and oxygen atoms in total. The maximum Gasteiger partial charge on any atom is 0.282 e. The second kappa shape index (κ2) is 12.8. The van der Waals surface area contributed by atoms with Crippen LogP contribution >= 0.6 is 45.8 Å². The number of anilines is 3. The van der Waals surface area contributed by atoms with E-state index in [-0.39, 0.29) is 67.6 Å². The van der Waals surface area contributed by atoms with Gasteiger partial charge in [-0.3, -0.25) is 9.59 Å². The molecule has 0 spiro atoms. The average molecular weight is 719 g/mol. The van der Waals surface area contributed by atoms with Gasteiger partial charge in [-0.15, -0.1) is 32.9 Å². The summed E-state index contributed by atoms with van der Waals surface area (Å²) in [5.74, 6) is -5.35. The Labute approximate surface area is 277 Å². The standard InChI is InChI=1S/C26H30F4N10O2S4/c27-25(28)9-39(10-25)23-31-15(7-43-23)5-17(41)33-21-37-35-19(45-21)13-2-1-3-14(4-13)20-36-38-22(46-20)34-18(42)6-16-8-44-24(32-16)40-11-26(29,30)12-40/h7-8,13-14,19,21,35,37H,1-6,9-12H2,(H,33,41)(H,34,38,42). The van der Waals surface area contributed by atoms with Gasteiger partial charge in [-0.2, -0.15) is 0 Å². The number of aromatic nitrogens is 4. The SMILES string of the molecule is O=C(Cc1csc(N2CC(F)(F)C2)n1)Nc1nnc(C2CCCC(C3NNC(NC(=O)Cc4csc(N5CC(F)(F)C5)n4)S3)C2)s1. The molecular formula is C26H30F4N10O2S4. The third kappa shape index (κ3) is 7.40. The van der Waals surface area contributed by atoms with Crippen LogP contribution in [0.15, 0.2) is 10.8 Å². The molecule has 46 heavy (non-hydrogen) atoms. The van der Waals surface area contributed by atoms with Gasteiger partial charge in [0, 0.05) is 16.7 Å². The van der Waals surface area contributed by atoms with Crippen LogP contribution in [0.2, 0.25) is 0 Å². The lowest BCUT2D eigenvalue weighted by atomic mass is 9.81. The number of nitrogens with zero attached hydrogens (tertiary/aromatic N) is 6. The largest absolute Gasteiger partial charge is 0.336 e. The molecule has 4 fully saturated rings. The van der Waals surface area contributed by atoms with Crippen LogP contribution in [0.5, 0.6) is 0 Å². The quantitative estimate of drug-likeness (QED) is 0.229. The number of halogens is 4. The molecule has 3 aromatic rings. The minimum Gasteiger partial charge on any atom is -0.336 e. The Morgan fingerprint density at radius 2 is 1.52 bits per heavy atom. The Bertz CT molecular complexity index is 1570. The Morgan fingerprint density at radius 1 is 0.891 bits per heavy atom. The monoisotopic (exact) mass is 718 g/mol. The van der Waals surface area contributed by atoms with Crippen LogP contribution in [0.25, 0.3) is 0 Å². The Morgan fingerprint density at radius 3 is 2.15 bits per heavy atom. The van der Waals surface area contributed by atoms with Crippen molar-refractivity contribution in [1.82, 2.24) is 36.3 Å². The number of thioether (sulfide) groups is 1. The summed E-state index contributed by atoms with van der Waals surface area (Å²) in [6.45, 7) is -1.39. The minimum atomic E-state index is -2.68. The number of hydrazine groups is 1. The molecule has 3 aliphatic heterocycles. The molecule has 3 aromatic heterocycles. The predicted molar refractivity (Wildman–Crippen MR) is 169 cm³/mol. The van der Waals surface area contributed by atoms with E-state index in [2.05, 4.69) is 41.7 Å². The fourth-order valence-electron chi connectivity index (χ4n) is 5.88. The highest BCUT2D eigenvalue weighted by atomic mass is 32.2. The maximum atomic E-state index is 13.2. The molecule has 6 heterocycles. The first kappa shape index (κ1) is 31.9. The lowest BCUT2D eigenvalue weighted by Gasteiger charge is -2.38. The second-order valence-corrected chi connectivity index (χ2v) is 15.9. The summed E-state index contributed by atoms with van der Waals surface area (Å²) in [6.07, 6.45) is 3.96. The Hall–Kier alpha value is -2.65. The first-order valence-electron chi connectivity index (χ1n) is 14.7. The number of carbonyl (C=O) groups is 2. The summed E-state index contributed by atoms with van der Waals surface area (Å²) in [6, 6.07) is 0. The van der Waals surface area contributed by atoms with Gasteiger partial charge in [0.25, 0.3) is 11.8 Å². The summed E-state index contributed by atoms with van der Waals surface area (Å²) in [5, 5.41) is 20.1. The van der Waals surface area contributed by atoms with Crippen LogP contribution in [0.4, 0.5) is 33.0 Å². The van der Waals surface area contributed by atoms with Gasteiger partial charge in [0.05, 0.1) is 55.8 Å². The molecule has 1 saturated carbocycles. The molecule has 0 radical (unpaired) electrons. The molecular weight excluding hydrogens is 689 g/mol. The Balaban J connectivity index is 0.851. The van der Waals surface area contributed by atoms with Crippen LogP contribution in [-0.2, 0) is 22.4 Å². The normalized spacial score (nSPS) is 26.8. The summed E-state index contributed by atoms with van der Waals surface area (Å²) >= 11 is 5.46. The predicted octanol–water partition coefficient (Wildman–Crippen LogP) is 3.63. The van der Waals surface area contributed by atoms with Gasteiger partial charge in [-0.05, 0) is 25.2 Å². The number of alkyl halides is 4. The van der Waals surface area contributed by atoms with Gasteiger partial charge in [0.2, 0.25) is 16.9 Å². The lowest BCUT2D eigenvalue weighted by Crippen LogP contribution is -2.56. The van der Waals surface area contributed by atoms with Gasteiger partial charge in [0.15, 0.2) is 10.3 Å². The maximum absolute atomic E-state index is 13.2. The van der Waals surface area contributed by atoms with Crippen molar-refractivity contribution in [2.45, 2.75) is 67.2 Å². The first-order valence-corrected chi connectivity index (χ1v) is 18.2. The third-order valence-electron chi connectivity index (χ3n) is 8.10. The highest BCUT2D eigenvalue weighted by Gasteiger charge is 2.46. The van der Waals surface area contributed by atoms with Crippen LogP contribution in [0.3, 0.4) is 0 Å². The van der Waals surface area contributed by atoms with Crippen LogP contribution in [0, 0.1) is 5.92 Å². The summed E-state index contributed by atoms with van der Waals surface area (Å²) in [4.78, 5) is 36.9. The van der Waals surface area contributed by atoms with E-state index >= 15 is 0 Å². The molecule has 3 saturated heterocycles. The number of hydrogen-bond acceptors (Lipinski definition) is 14. The van der Waals surface area contributed by atoms with Crippen LogP contribution < -0.4 is 31.3 Å². The van der Waals surface area contributed by atoms with Crippen LogP contribution in [-0.4, -0.2) is 80.9 Å². The molecule has 20 heteroatoms. The molecule has 0 bridgehead atoms. The van der Waals surface area contributed by atoms with Crippen molar-refractivity contribution in [3.8, 4) is 0 Å². The van der Waals surface area contributed by atoms with Crippen molar-refractivity contribution in [2.75, 3.05) is 41.3 Å². The highest BCUT2D eigenvalue weighted by molar-refractivity contribution is 8.00. The number of hydrogen-bond donors (Lipinski definition) is 4. The molecule has 2 amide bonds. The fraction of sp³-hybridized carbons (Fsp3) is 0.615. The van der Waals surface area contributed by atoms with Crippen molar-refractivity contribution >= 4 is 73.0 Å². The van der Waals surface area contributed by atoms with Crippen molar-refractivity contribution in [3.05, 3.63) is 27.2 Å². The summed E-state index contributed by atoms with van der Waals surface area (Å²) < 4.78 is 52.6. The summed E-state index contributed by atoms with van der Waals surface area (Å²) in [5.41, 5.74) is 7.20. The van der Waals surface area contributed by atoms with Crippen molar-refractivity contribution in [3.63, 3.8) is 0 Å². The molecule has 1 aliphatic carbocycles. The van der Waals surface area contributed by atoms with Gasteiger partial charge < -0.3 is 20.4 Å². The molecule has 248 valence electrons. The second-order valence-electron chi connectivity index (χ2n) is 11.9. The third-order valence-corrected chi connectivity index (χ3v) is 12.3. The molecule has 4 unspecified atom stereocenters. The zero-order valence-electron chi connectivity index (χ0n) is 24.2. The topological polar surface area (TPSA) is 140 Å². The first-order chi connectivity index (χ1) is 22.0. The smallest absolute Gasteiger partial charge is 0.282 e. The van der Waals surface area contributed by atoms with E-state index in [1.54, 1.807) is 22.5 Å². The van der Waals surface area contributed by atoms with Gasteiger partial charge in [-0.1, -0.05) is 29.5 Å². The number of carbonyl (C=O) groups excluding carboxylic acids is 2. The highest BCUT2D eigenvalue weighted by Crippen LogP contribution is 2.42. The van der Waals surface area contributed by atoms with E-state index < -0.39 is 11.8 Å². The van der Waals surface area contributed by atoms with E-state index in [4.69, 9.17) is 0 Å². The number of rotatable bonds is 10. The molecule has 4 atom stereocenters. The zero-order chi connectivity index (χ0) is 32.1. The van der Waals surface area contributed by atoms with E-state index in [9.17, 15) is 27.2 Å². The lowest BCUT2D eigenvalue weighted by molar-refractivity contribution is -0.120. The minimum absolute atomic E-state index is 0.0152. The fourth-order valence-corrected chi connectivity index (χ4v) is 9.67. The van der Waals surface area contributed by atoms with Crippen molar-refractivity contribution < 1.29 is 27.2 Å². The summed E-state index contributed by atoms with van der Waals surface area (Å²) in [7, 11) is 0. The number of amides is 2. The van der Waals surface area contributed by atoms with Crippen molar-refractivity contribution in [1.29, 1.82) is 0 Å². The van der Waals surface area contributed by atoms with E-state index in [1.807, 2.05) is 0 Å². The van der Waals surface area contributed by atoms with E-state index in [1.165, 1.54) is 43.8 Å². The average Bonchev–Trinajstić information content (AvgIpc) is 3.79. The van der Waals surface area contributed by atoms with E-state index in [0.717, 1.165) is 30.7 Å². The van der Waals surface area contributed by atoms with E-state index in [0.29, 0.717) is 32.7 Å². The number of thiazole rings is 2. The van der Waals surface area contributed by atoms with Gasteiger partial charge in [-0.25, -0.2) is 38.4 Å². The zero-order valence-corrected chi connectivity index (χ0v) is 27.4. The Kier molecular flexibility index (Phi) is 8.85. The van der Waals surface area contributed by atoms with Gasteiger partial charge >= 0.3 is 0 Å². The molecule has 0 aromatic carbocycles. The van der Waals surface area contributed by atoms with Crippen LogP contribution in [0.1, 0.15) is 48.0 Å². The van der Waals surface area contributed by atoms with Gasteiger partial charge in [0.1, 0.15) is 10.5 Å². The number of nitrogens with one attached hydrogen (secondary N) is 4.